The second kappa shape index (κ2) is 7.81. The van der Waals surface area contributed by atoms with Gasteiger partial charge in [0, 0.05) is 27.8 Å². The van der Waals surface area contributed by atoms with E-state index in [-0.39, 0.29) is 0 Å². The molecular weight excluding hydrogens is 332 g/mol. The van der Waals surface area contributed by atoms with E-state index in [1.807, 2.05) is 31.2 Å². The number of aromatic nitrogens is 1. The summed E-state index contributed by atoms with van der Waals surface area (Å²) >= 11 is 5.34. The highest BCUT2D eigenvalue weighted by Gasteiger charge is 2.10. The van der Waals surface area contributed by atoms with Crippen LogP contribution in [0.1, 0.15) is 24.1 Å². The molecule has 1 aromatic heterocycles. The van der Waals surface area contributed by atoms with Gasteiger partial charge in [-0.3, -0.25) is 4.98 Å². The van der Waals surface area contributed by atoms with Crippen LogP contribution in [0, 0.1) is 0 Å². The van der Waals surface area contributed by atoms with E-state index in [1.165, 1.54) is 16.0 Å². The van der Waals surface area contributed by atoms with Gasteiger partial charge in [-0.1, -0.05) is 19.1 Å². The zero-order chi connectivity index (χ0) is 14.4. The van der Waals surface area contributed by atoms with Crippen LogP contribution in [0.4, 0.5) is 0 Å². The summed E-state index contributed by atoms with van der Waals surface area (Å²) < 4.78 is 1.03. The van der Waals surface area contributed by atoms with Gasteiger partial charge >= 0.3 is 0 Å². The highest BCUT2D eigenvalue weighted by atomic mass is 79.9. The van der Waals surface area contributed by atoms with Crippen molar-refractivity contribution in [3.63, 3.8) is 0 Å². The molecule has 0 saturated carbocycles. The van der Waals surface area contributed by atoms with Crippen molar-refractivity contribution in [3.8, 4) is 0 Å². The van der Waals surface area contributed by atoms with E-state index in [4.69, 9.17) is 0 Å². The molecule has 1 heterocycles. The second-order valence-electron chi connectivity index (χ2n) is 4.56. The largest absolute Gasteiger partial charge is 0.313 e. The van der Waals surface area contributed by atoms with Crippen LogP contribution in [0.5, 0.6) is 0 Å². The monoisotopic (exact) mass is 350 g/mol. The number of halogens is 1. The maximum Gasteiger partial charge on any atom is 0.0410 e. The fourth-order valence-electron chi connectivity index (χ4n) is 2.15. The Labute approximate surface area is 133 Å². The summed E-state index contributed by atoms with van der Waals surface area (Å²) in [5.74, 6) is 1.11. The molecule has 1 atom stereocenters. The van der Waals surface area contributed by atoms with Gasteiger partial charge in [0.05, 0.1) is 0 Å². The van der Waals surface area contributed by atoms with Crippen molar-refractivity contribution in [1.29, 1.82) is 0 Å². The highest BCUT2D eigenvalue weighted by Crippen LogP contribution is 2.23. The summed E-state index contributed by atoms with van der Waals surface area (Å²) in [6.07, 6.45) is 4.67. The van der Waals surface area contributed by atoms with Crippen molar-refractivity contribution in [1.82, 2.24) is 10.3 Å². The number of nitrogens with zero attached hydrogens (tertiary/aromatic N) is 1. The molecule has 2 nitrogen and oxygen atoms in total. The molecule has 2 rings (SSSR count). The first kappa shape index (κ1) is 15.5. The highest BCUT2D eigenvalue weighted by molar-refractivity contribution is 9.10. The van der Waals surface area contributed by atoms with E-state index in [2.05, 4.69) is 63.5 Å². The quantitative estimate of drug-likeness (QED) is 0.778. The number of likely N-dealkylation sites (N-methyl/N-ethyl adjacent to an activating group) is 1. The summed E-state index contributed by atoms with van der Waals surface area (Å²) in [5.41, 5.74) is 2.54. The number of benzene rings is 1. The molecule has 0 aliphatic rings. The molecule has 4 heteroatoms. The molecule has 1 aromatic carbocycles. The van der Waals surface area contributed by atoms with E-state index in [9.17, 15) is 0 Å². The van der Waals surface area contributed by atoms with Gasteiger partial charge < -0.3 is 5.32 Å². The van der Waals surface area contributed by atoms with Crippen LogP contribution in [0.2, 0.25) is 0 Å². The van der Waals surface area contributed by atoms with E-state index in [0.717, 1.165) is 16.6 Å². The Morgan fingerprint density at radius 3 is 2.60 bits per heavy atom. The van der Waals surface area contributed by atoms with Crippen LogP contribution < -0.4 is 5.32 Å². The molecule has 1 N–H and O–H groups in total. The third-order valence-electron chi connectivity index (χ3n) is 3.14. The first-order valence-corrected chi connectivity index (χ1v) is 8.50. The van der Waals surface area contributed by atoms with Gasteiger partial charge in [-0.2, -0.15) is 0 Å². The van der Waals surface area contributed by atoms with Crippen molar-refractivity contribution in [3.05, 3.63) is 58.3 Å². The summed E-state index contributed by atoms with van der Waals surface area (Å²) in [6.45, 7) is 2.18. The van der Waals surface area contributed by atoms with Crippen LogP contribution >= 0.6 is 27.7 Å². The first-order valence-electron chi connectivity index (χ1n) is 6.72. The molecule has 0 spiro atoms. The third-order valence-corrected chi connectivity index (χ3v) is 4.47. The molecule has 0 amide bonds. The Morgan fingerprint density at radius 2 is 2.00 bits per heavy atom. The summed E-state index contributed by atoms with van der Waals surface area (Å²) in [7, 11) is 2.00. The predicted octanol–water partition coefficient (Wildman–Crippen LogP) is 4.46. The lowest BCUT2D eigenvalue weighted by molar-refractivity contribution is 0.590. The average Bonchev–Trinajstić information content (AvgIpc) is 2.46. The summed E-state index contributed by atoms with van der Waals surface area (Å²) in [4.78, 5) is 5.55. The van der Waals surface area contributed by atoms with Crippen LogP contribution in [-0.4, -0.2) is 17.8 Å². The average molecular weight is 351 g/mol. The van der Waals surface area contributed by atoms with Gasteiger partial charge in [0.25, 0.3) is 0 Å². The predicted molar refractivity (Wildman–Crippen MR) is 90.3 cm³/mol. The zero-order valence-electron chi connectivity index (χ0n) is 11.8. The minimum atomic E-state index is 0.312. The van der Waals surface area contributed by atoms with Crippen LogP contribution in [-0.2, 0) is 6.42 Å². The topological polar surface area (TPSA) is 24.9 Å². The van der Waals surface area contributed by atoms with Crippen molar-refractivity contribution in [2.45, 2.75) is 24.3 Å². The lowest BCUT2D eigenvalue weighted by Crippen LogP contribution is -2.18. The molecule has 0 radical (unpaired) electrons. The molecule has 0 aliphatic carbocycles. The van der Waals surface area contributed by atoms with Gasteiger partial charge in [0.2, 0.25) is 0 Å². The van der Waals surface area contributed by atoms with Crippen LogP contribution in [0.25, 0.3) is 0 Å². The van der Waals surface area contributed by atoms with Gasteiger partial charge in [-0.05, 0) is 64.5 Å². The smallest absolute Gasteiger partial charge is 0.0410 e. The lowest BCUT2D eigenvalue weighted by atomic mass is 10.0. The van der Waals surface area contributed by atoms with E-state index in [1.54, 1.807) is 0 Å². The third kappa shape index (κ3) is 4.33. The Hall–Kier alpha value is -0.840. The molecule has 106 valence electrons. The number of nitrogens with one attached hydrogen (secondary N) is 1. The molecule has 1 unspecified atom stereocenters. The number of hydrogen-bond donors (Lipinski definition) is 1. The number of rotatable bonds is 6. The van der Waals surface area contributed by atoms with Gasteiger partial charge in [0.15, 0.2) is 0 Å². The summed E-state index contributed by atoms with van der Waals surface area (Å²) in [5, 5.41) is 3.39. The number of hydrogen-bond acceptors (Lipinski definition) is 3. The van der Waals surface area contributed by atoms with Crippen LogP contribution in [0.15, 0.2) is 52.1 Å². The van der Waals surface area contributed by atoms with E-state index in [0.29, 0.717) is 6.04 Å². The SMILES string of the molecule is CCSc1ccc(C(Cc2cncc(Br)c2)NC)cc1. The lowest BCUT2D eigenvalue weighted by Gasteiger charge is -2.17. The van der Waals surface area contributed by atoms with Crippen molar-refractivity contribution in [2.24, 2.45) is 0 Å². The zero-order valence-corrected chi connectivity index (χ0v) is 14.2. The minimum Gasteiger partial charge on any atom is -0.313 e. The maximum absolute atomic E-state index is 4.23. The van der Waals surface area contributed by atoms with Gasteiger partial charge in [-0.15, -0.1) is 11.8 Å². The molecule has 0 bridgehead atoms. The normalized spacial score (nSPS) is 12.3. The van der Waals surface area contributed by atoms with Crippen LogP contribution in [0.3, 0.4) is 0 Å². The van der Waals surface area contributed by atoms with E-state index >= 15 is 0 Å². The Balaban J connectivity index is 2.11. The standard InChI is InChI=1S/C16H19BrN2S/c1-3-20-15-6-4-13(5-7-15)16(18-2)9-12-8-14(17)11-19-10-12/h4-8,10-11,16,18H,3,9H2,1-2H3. The molecule has 0 saturated heterocycles. The van der Waals surface area contributed by atoms with E-state index < -0.39 is 0 Å². The van der Waals surface area contributed by atoms with Crippen molar-refractivity contribution in [2.75, 3.05) is 12.8 Å². The van der Waals surface area contributed by atoms with Crippen molar-refractivity contribution >= 4 is 27.7 Å². The minimum absolute atomic E-state index is 0.312. The second-order valence-corrected chi connectivity index (χ2v) is 6.81. The molecule has 0 fully saturated rings. The fourth-order valence-corrected chi connectivity index (χ4v) is 3.23. The maximum atomic E-state index is 4.23. The Kier molecular flexibility index (Phi) is 6.07. The number of pyridine rings is 1. The number of thioether (sulfide) groups is 1. The summed E-state index contributed by atoms with van der Waals surface area (Å²) in [6, 6.07) is 11.3. The van der Waals surface area contributed by atoms with Gasteiger partial charge in [-0.25, -0.2) is 0 Å². The molecule has 20 heavy (non-hydrogen) atoms. The van der Waals surface area contributed by atoms with Gasteiger partial charge in [0.1, 0.15) is 0 Å². The molecule has 0 aliphatic heterocycles. The first-order chi connectivity index (χ1) is 9.72. The van der Waals surface area contributed by atoms with Crippen molar-refractivity contribution < 1.29 is 0 Å². The Morgan fingerprint density at radius 1 is 1.25 bits per heavy atom. The Bertz CT molecular complexity index is 542. The molecular formula is C16H19BrN2S. The molecule has 2 aromatic rings. The fraction of sp³-hybridized carbons (Fsp3) is 0.312.